The lowest BCUT2D eigenvalue weighted by atomic mass is 10.0. The van der Waals surface area contributed by atoms with Crippen LogP contribution in [0.4, 0.5) is 0 Å². The summed E-state index contributed by atoms with van der Waals surface area (Å²) in [6, 6.07) is 0. The van der Waals surface area contributed by atoms with E-state index < -0.39 is 5.97 Å². The largest absolute Gasteiger partial charge is 0.331 e. The Hall–Kier alpha value is -0.640. The molecule has 3 heteroatoms. The highest BCUT2D eigenvalue weighted by molar-refractivity contribution is 4.91. The van der Waals surface area contributed by atoms with E-state index in [1.54, 1.807) is 21.3 Å². The molecule has 0 rings (SSSR count). The van der Waals surface area contributed by atoms with Crippen molar-refractivity contribution >= 4 is 0 Å². The quantitative estimate of drug-likeness (QED) is 0.263. The predicted molar refractivity (Wildman–Crippen MR) is 84.6 cm³/mol. The lowest BCUT2D eigenvalue weighted by Crippen LogP contribution is -2.35. The first kappa shape index (κ1) is 19.4. The van der Waals surface area contributed by atoms with Gasteiger partial charge in [0.1, 0.15) is 0 Å². The van der Waals surface area contributed by atoms with Gasteiger partial charge in [-0.25, -0.2) is 0 Å². The van der Waals surface area contributed by atoms with Crippen LogP contribution in [0.2, 0.25) is 0 Å². The summed E-state index contributed by atoms with van der Waals surface area (Å²) < 4.78 is 15.8. The number of methoxy groups -OCH3 is 3. The average molecular weight is 284 g/mol. The van der Waals surface area contributed by atoms with Crippen LogP contribution in [0.3, 0.4) is 0 Å². The molecule has 0 fully saturated rings. The second-order valence-electron chi connectivity index (χ2n) is 5.09. The van der Waals surface area contributed by atoms with Crippen LogP contribution in [0.15, 0.2) is 25.3 Å². The molecule has 0 spiro atoms. The van der Waals surface area contributed by atoms with Gasteiger partial charge in [-0.15, -0.1) is 13.2 Å². The van der Waals surface area contributed by atoms with Crippen molar-refractivity contribution in [2.45, 2.75) is 57.3 Å². The zero-order valence-corrected chi connectivity index (χ0v) is 13.5. The summed E-state index contributed by atoms with van der Waals surface area (Å²) in [6.07, 6.45) is 13.2. The highest BCUT2D eigenvalue weighted by atomic mass is 16.9. The molecule has 0 aromatic rings. The fourth-order valence-corrected chi connectivity index (χ4v) is 2.32. The SMILES string of the molecule is C=CC(C=C)CCCCCCCCC(OC)(OC)OC. The van der Waals surface area contributed by atoms with E-state index in [0.717, 1.165) is 12.8 Å². The Balaban J connectivity index is 3.53. The monoisotopic (exact) mass is 284 g/mol. The van der Waals surface area contributed by atoms with Crippen molar-refractivity contribution < 1.29 is 14.2 Å². The van der Waals surface area contributed by atoms with Crippen LogP contribution in [0.5, 0.6) is 0 Å². The van der Waals surface area contributed by atoms with Crippen molar-refractivity contribution in [1.29, 1.82) is 0 Å². The maximum Gasteiger partial charge on any atom is 0.282 e. The topological polar surface area (TPSA) is 27.7 Å². The third kappa shape index (κ3) is 7.83. The van der Waals surface area contributed by atoms with E-state index >= 15 is 0 Å². The van der Waals surface area contributed by atoms with E-state index in [0.29, 0.717) is 5.92 Å². The summed E-state index contributed by atoms with van der Waals surface area (Å²) in [5.74, 6) is -0.387. The lowest BCUT2D eigenvalue weighted by molar-refractivity contribution is -0.355. The van der Waals surface area contributed by atoms with Crippen LogP contribution in [0.25, 0.3) is 0 Å². The Kier molecular flexibility index (Phi) is 11.7. The summed E-state index contributed by atoms with van der Waals surface area (Å²) >= 11 is 0. The van der Waals surface area contributed by atoms with Gasteiger partial charge in [-0.05, 0) is 18.8 Å². The molecule has 20 heavy (non-hydrogen) atoms. The van der Waals surface area contributed by atoms with Crippen molar-refractivity contribution in [3.05, 3.63) is 25.3 Å². The highest BCUT2D eigenvalue weighted by Crippen LogP contribution is 2.21. The van der Waals surface area contributed by atoms with Crippen LogP contribution in [-0.4, -0.2) is 27.3 Å². The van der Waals surface area contributed by atoms with Gasteiger partial charge in [0, 0.05) is 27.8 Å². The van der Waals surface area contributed by atoms with Gasteiger partial charge >= 0.3 is 0 Å². The molecule has 0 radical (unpaired) electrons. The molecule has 0 amide bonds. The normalized spacial score (nSPS) is 11.8. The molecule has 0 aliphatic carbocycles. The molecule has 0 saturated heterocycles. The molecular formula is C17H32O3. The minimum atomic E-state index is -0.860. The minimum absolute atomic E-state index is 0.473. The zero-order valence-electron chi connectivity index (χ0n) is 13.5. The fraction of sp³-hybridized carbons (Fsp3) is 0.765. The van der Waals surface area contributed by atoms with Crippen molar-refractivity contribution in [2.24, 2.45) is 5.92 Å². The van der Waals surface area contributed by atoms with Crippen molar-refractivity contribution in [1.82, 2.24) is 0 Å². The maximum absolute atomic E-state index is 5.27. The number of allylic oxidation sites excluding steroid dienone is 2. The van der Waals surface area contributed by atoms with Gasteiger partial charge in [0.25, 0.3) is 5.97 Å². The zero-order chi connectivity index (χ0) is 15.3. The fourth-order valence-electron chi connectivity index (χ4n) is 2.32. The van der Waals surface area contributed by atoms with E-state index in [-0.39, 0.29) is 0 Å². The number of hydrogen-bond donors (Lipinski definition) is 0. The molecule has 0 heterocycles. The maximum atomic E-state index is 5.27. The van der Waals surface area contributed by atoms with Gasteiger partial charge in [0.2, 0.25) is 0 Å². The van der Waals surface area contributed by atoms with Gasteiger partial charge in [-0.2, -0.15) is 0 Å². The minimum Gasteiger partial charge on any atom is -0.331 e. The van der Waals surface area contributed by atoms with E-state index in [1.165, 1.54) is 38.5 Å². The molecule has 0 unspecified atom stereocenters. The van der Waals surface area contributed by atoms with Gasteiger partial charge in [-0.1, -0.05) is 44.3 Å². The molecular weight excluding hydrogens is 252 g/mol. The lowest BCUT2D eigenvalue weighted by Gasteiger charge is -2.28. The Morgan fingerprint density at radius 3 is 1.70 bits per heavy atom. The average Bonchev–Trinajstić information content (AvgIpc) is 2.50. The summed E-state index contributed by atoms with van der Waals surface area (Å²) in [5.41, 5.74) is 0. The summed E-state index contributed by atoms with van der Waals surface area (Å²) in [7, 11) is 4.84. The Labute approximate surface area is 125 Å². The first-order valence-electron chi connectivity index (χ1n) is 7.58. The third-order valence-corrected chi connectivity index (χ3v) is 3.81. The van der Waals surface area contributed by atoms with E-state index in [9.17, 15) is 0 Å². The van der Waals surface area contributed by atoms with Gasteiger partial charge in [0.05, 0.1) is 0 Å². The molecule has 0 bridgehead atoms. The standard InChI is InChI=1S/C17H32O3/c1-6-16(7-2)14-12-10-8-9-11-13-15-17(18-3,19-4)20-5/h6-7,16H,1-2,8-15H2,3-5H3. The Morgan fingerprint density at radius 2 is 1.25 bits per heavy atom. The number of ether oxygens (including phenoxy) is 3. The molecule has 0 N–H and O–H groups in total. The van der Waals surface area contributed by atoms with Gasteiger partial charge in [-0.3, -0.25) is 0 Å². The predicted octanol–water partition coefficient (Wildman–Crippen LogP) is 4.69. The summed E-state index contributed by atoms with van der Waals surface area (Å²) in [4.78, 5) is 0. The van der Waals surface area contributed by atoms with Gasteiger partial charge < -0.3 is 14.2 Å². The molecule has 0 aliphatic rings. The van der Waals surface area contributed by atoms with Crippen molar-refractivity contribution in [3.8, 4) is 0 Å². The molecule has 0 atom stereocenters. The molecule has 0 aromatic heterocycles. The molecule has 0 aliphatic heterocycles. The van der Waals surface area contributed by atoms with Crippen LogP contribution in [0.1, 0.15) is 51.4 Å². The molecule has 0 saturated carbocycles. The number of rotatable bonds is 14. The molecule has 3 nitrogen and oxygen atoms in total. The highest BCUT2D eigenvalue weighted by Gasteiger charge is 2.28. The van der Waals surface area contributed by atoms with E-state index in [1.807, 2.05) is 12.2 Å². The summed E-state index contributed by atoms with van der Waals surface area (Å²) in [5, 5.41) is 0. The molecule has 0 aromatic carbocycles. The van der Waals surface area contributed by atoms with Crippen molar-refractivity contribution in [2.75, 3.05) is 21.3 Å². The van der Waals surface area contributed by atoms with Crippen LogP contribution in [-0.2, 0) is 14.2 Å². The van der Waals surface area contributed by atoms with Crippen molar-refractivity contribution in [3.63, 3.8) is 0 Å². The third-order valence-electron chi connectivity index (χ3n) is 3.81. The van der Waals surface area contributed by atoms with Crippen LogP contribution < -0.4 is 0 Å². The number of unbranched alkanes of at least 4 members (excludes halogenated alkanes) is 5. The van der Waals surface area contributed by atoms with E-state index in [4.69, 9.17) is 14.2 Å². The Bertz CT molecular complexity index is 230. The number of hydrogen-bond acceptors (Lipinski definition) is 3. The first-order valence-corrected chi connectivity index (χ1v) is 7.58. The van der Waals surface area contributed by atoms with E-state index in [2.05, 4.69) is 13.2 Å². The summed E-state index contributed by atoms with van der Waals surface area (Å²) in [6.45, 7) is 7.62. The first-order chi connectivity index (χ1) is 9.67. The van der Waals surface area contributed by atoms with Crippen LogP contribution in [0, 0.1) is 5.92 Å². The van der Waals surface area contributed by atoms with Gasteiger partial charge in [0.15, 0.2) is 0 Å². The second kappa shape index (κ2) is 12.1. The second-order valence-corrected chi connectivity index (χ2v) is 5.09. The Morgan fingerprint density at radius 1 is 0.800 bits per heavy atom. The smallest absolute Gasteiger partial charge is 0.282 e. The molecule has 118 valence electrons. The van der Waals surface area contributed by atoms with Crippen LogP contribution >= 0.6 is 0 Å².